The van der Waals surface area contributed by atoms with Crippen LogP contribution in [0, 0.1) is 0 Å². The fourth-order valence-electron chi connectivity index (χ4n) is 5.33. The maximum atomic E-state index is 14.8. The number of aromatic nitrogens is 6. The minimum Gasteiger partial charge on any atom is -0.335 e. The molecule has 4 aromatic heterocycles. The second kappa shape index (κ2) is 9.50. The van der Waals surface area contributed by atoms with Gasteiger partial charge in [0.2, 0.25) is 5.78 Å². The van der Waals surface area contributed by atoms with E-state index in [1.807, 2.05) is 103 Å². The van der Waals surface area contributed by atoms with E-state index in [2.05, 4.69) is 5.16 Å². The Morgan fingerprint density at radius 3 is 2.00 bits per heavy atom. The number of rotatable bonds is 4. The molecule has 0 N–H and O–H groups in total. The molecular formula is C33H19ClN6O2. The lowest BCUT2D eigenvalue weighted by molar-refractivity contribution is 0.452. The normalized spacial score (nSPS) is 11.5. The van der Waals surface area contributed by atoms with Gasteiger partial charge in [-0.15, -0.1) is 5.10 Å². The van der Waals surface area contributed by atoms with Gasteiger partial charge < -0.3 is 4.52 Å². The van der Waals surface area contributed by atoms with E-state index in [4.69, 9.17) is 31.2 Å². The molecule has 4 aromatic carbocycles. The van der Waals surface area contributed by atoms with E-state index < -0.39 is 0 Å². The van der Waals surface area contributed by atoms with Crippen LogP contribution in [0.1, 0.15) is 0 Å². The lowest BCUT2D eigenvalue weighted by Gasteiger charge is -2.10. The third-order valence-electron chi connectivity index (χ3n) is 7.24. The Morgan fingerprint density at radius 1 is 0.667 bits per heavy atom. The molecule has 0 aliphatic carbocycles. The molecule has 0 atom stereocenters. The molecule has 0 spiro atoms. The molecule has 200 valence electrons. The van der Waals surface area contributed by atoms with Crippen molar-refractivity contribution >= 4 is 39.5 Å². The fraction of sp³-hybridized carbons (Fsp3) is 0. The predicted octanol–water partition coefficient (Wildman–Crippen LogP) is 7.22. The van der Waals surface area contributed by atoms with Gasteiger partial charge in [0.25, 0.3) is 11.3 Å². The molecule has 4 heterocycles. The number of nitrogens with zero attached hydrogens (tertiary/aromatic N) is 6. The molecule has 42 heavy (non-hydrogen) atoms. The van der Waals surface area contributed by atoms with E-state index in [9.17, 15) is 4.79 Å². The maximum absolute atomic E-state index is 14.8. The first-order valence-electron chi connectivity index (χ1n) is 13.2. The van der Waals surface area contributed by atoms with Gasteiger partial charge >= 0.3 is 0 Å². The highest BCUT2D eigenvalue weighted by Gasteiger charge is 2.26. The summed E-state index contributed by atoms with van der Waals surface area (Å²) < 4.78 is 8.99. The Bertz CT molecular complexity index is 2310. The molecule has 0 fully saturated rings. The van der Waals surface area contributed by atoms with Crippen LogP contribution in [0.25, 0.3) is 67.4 Å². The SMILES string of the molecule is O=c1c2c(-c3ccc(Cl)cc3)c3c(-c4ccccc4)noc3nc2nc2n(-c3ccccc3)nc(-c3ccccc3)n12. The number of hydrogen-bond donors (Lipinski definition) is 0. The Kier molecular flexibility index (Phi) is 5.48. The van der Waals surface area contributed by atoms with Gasteiger partial charge in [-0.2, -0.15) is 14.6 Å². The summed E-state index contributed by atoms with van der Waals surface area (Å²) in [6, 6.07) is 36.2. The van der Waals surface area contributed by atoms with Crippen LogP contribution in [0.3, 0.4) is 0 Å². The molecule has 0 radical (unpaired) electrons. The molecule has 8 nitrogen and oxygen atoms in total. The standard InChI is InChI=1S/C33H19ClN6O2/c34-23-18-16-20(17-19-23)25-26-28(21-10-4-1-5-11-21)38-42-31(26)35-29-27(25)32(41)39-30(22-12-6-2-7-13-22)37-40(33(39)36-29)24-14-8-3-9-15-24/h1-19H. The van der Waals surface area contributed by atoms with Gasteiger partial charge in [0, 0.05) is 21.7 Å². The smallest absolute Gasteiger partial charge is 0.271 e. The largest absolute Gasteiger partial charge is 0.335 e. The topological polar surface area (TPSA) is 91.1 Å². The first-order valence-corrected chi connectivity index (χ1v) is 13.6. The molecule has 0 bridgehead atoms. The first-order chi connectivity index (χ1) is 20.7. The van der Waals surface area contributed by atoms with E-state index in [0.717, 1.165) is 22.4 Å². The zero-order valence-electron chi connectivity index (χ0n) is 21.8. The summed E-state index contributed by atoms with van der Waals surface area (Å²) in [7, 11) is 0. The molecule has 0 saturated heterocycles. The number of hydrogen-bond acceptors (Lipinski definition) is 6. The van der Waals surface area contributed by atoms with Crippen LogP contribution in [-0.4, -0.2) is 29.3 Å². The number of para-hydroxylation sites is 1. The summed E-state index contributed by atoms with van der Waals surface area (Å²) in [6.45, 7) is 0. The summed E-state index contributed by atoms with van der Waals surface area (Å²) in [4.78, 5) is 24.4. The molecule has 8 rings (SSSR count). The predicted molar refractivity (Wildman–Crippen MR) is 163 cm³/mol. The van der Waals surface area contributed by atoms with Crippen molar-refractivity contribution in [1.82, 2.24) is 29.3 Å². The van der Waals surface area contributed by atoms with E-state index in [1.165, 1.54) is 0 Å². The molecule has 0 amide bonds. The van der Waals surface area contributed by atoms with E-state index in [-0.39, 0.29) is 16.9 Å². The van der Waals surface area contributed by atoms with Crippen molar-refractivity contribution in [3.63, 3.8) is 0 Å². The zero-order valence-corrected chi connectivity index (χ0v) is 22.6. The van der Waals surface area contributed by atoms with E-state index >= 15 is 0 Å². The van der Waals surface area contributed by atoms with Gasteiger partial charge in [0.1, 0.15) is 5.69 Å². The van der Waals surface area contributed by atoms with Gasteiger partial charge in [-0.25, -0.2) is 4.40 Å². The monoisotopic (exact) mass is 566 g/mol. The fourth-order valence-corrected chi connectivity index (χ4v) is 5.46. The summed E-state index contributed by atoms with van der Waals surface area (Å²) in [5.41, 5.74) is 4.52. The second-order valence-corrected chi connectivity index (χ2v) is 10.2. The highest BCUT2D eigenvalue weighted by Crippen LogP contribution is 2.39. The van der Waals surface area contributed by atoms with Gasteiger partial charge in [-0.1, -0.05) is 108 Å². The summed E-state index contributed by atoms with van der Waals surface area (Å²) in [5.74, 6) is 0.791. The summed E-state index contributed by atoms with van der Waals surface area (Å²) in [5, 5.41) is 10.8. The molecule has 0 unspecified atom stereocenters. The summed E-state index contributed by atoms with van der Waals surface area (Å²) in [6.07, 6.45) is 0. The Hall–Kier alpha value is -5.60. The molecule has 8 aromatic rings. The van der Waals surface area contributed by atoms with Crippen molar-refractivity contribution in [3.8, 4) is 39.5 Å². The first kappa shape index (κ1) is 24.2. The lowest BCUT2D eigenvalue weighted by atomic mass is 9.97. The Labute approximate surface area is 243 Å². The molecule has 0 aliphatic rings. The molecule has 0 saturated carbocycles. The van der Waals surface area contributed by atoms with Gasteiger partial charge in [0.05, 0.1) is 16.5 Å². The third kappa shape index (κ3) is 3.73. The van der Waals surface area contributed by atoms with Crippen LogP contribution in [-0.2, 0) is 0 Å². The quantitative estimate of drug-likeness (QED) is 0.223. The van der Waals surface area contributed by atoms with Crippen LogP contribution in [0.2, 0.25) is 5.02 Å². The van der Waals surface area contributed by atoms with E-state index in [1.54, 1.807) is 21.2 Å². The van der Waals surface area contributed by atoms with Crippen LogP contribution in [0.4, 0.5) is 0 Å². The molecular weight excluding hydrogens is 548 g/mol. The Balaban J connectivity index is 1.57. The average Bonchev–Trinajstić information content (AvgIpc) is 3.64. The summed E-state index contributed by atoms with van der Waals surface area (Å²) >= 11 is 6.27. The highest BCUT2D eigenvalue weighted by molar-refractivity contribution is 6.30. The van der Waals surface area contributed by atoms with Gasteiger partial charge in [-0.3, -0.25) is 4.79 Å². The molecule has 9 heteroatoms. The van der Waals surface area contributed by atoms with Crippen molar-refractivity contribution in [1.29, 1.82) is 0 Å². The van der Waals surface area contributed by atoms with Crippen molar-refractivity contribution in [2.45, 2.75) is 0 Å². The number of fused-ring (bicyclic) bond motifs is 3. The van der Waals surface area contributed by atoms with Crippen molar-refractivity contribution in [3.05, 3.63) is 131 Å². The number of halogens is 1. The lowest BCUT2D eigenvalue weighted by Crippen LogP contribution is -2.17. The highest BCUT2D eigenvalue weighted by atomic mass is 35.5. The van der Waals surface area contributed by atoms with E-state index in [0.29, 0.717) is 38.7 Å². The van der Waals surface area contributed by atoms with Gasteiger partial charge in [-0.05, 0) is 29.8 Å². The van der Waals surface area contributed by atoms with Crippen LogP contribution in [0.15, 0.2) is 125 Å². The van der Waals surface area contributed by atoms with Crippen molar-refractivity contribution in [2.24, 2.45) is 0 Å². The van der Waals surface area contributed by atoms with Crippen LogP contribution < -0.4 is 5.56 Å². The van der Waals surface area contributed by atoms with Gasteiger partial charge in [0.15, 0.2) is 11.5 Å². The van der Waals surface area contributed by atoms with Crippen molar-refractivity contribution in [2.75, 3.05) is 0 Å². The van der Waals surface area contributed by atoms with Crippen molar-refractivity contribution < 1.29 is 4.52 Å². The van der Waals surface area contributed by atoms with Crippen LogP contribution >= 0.6 is 11.6 Å². The third-order valence-corrected chi connectivity index (χ3v) is 7.49. The zero-order chi connectivity index (χ0) is 28.2. The average molecular weight is 567 g/mol. The van der Waals surface area contributed by atoms with Crippen LogP contribution in [0.5, 0.6) is 0 Å². The maximum Gasteiger partial charge on any atom is 0.271 e. The molecule has 0 aliphatic heterocycles. The second-order valence-electron chi connectivity index (χ2n) is 9.76. The number of pyridine rings is 1. The minimum absolute atomic E-state index is 0.227. The Morgan fingerprint density at radius 2 is 1.31 bits per heavy atom. The minimum atomic E-state index is -0.310. The number of benzene rings is 4.